The number of ether oxygens (including phenoxy) is 20. The number of benzene rings is 2. The fraction of sp³-hybridized carbons (Fsp3) is 0.609. The number of carbonyl (C=O) groups excluding carboxylic acids is 11. The predicted octanol–water partition coefficient (Wildman–Crippen LogP) is 4.86. The lowest BCUT2D eigenvalue weighted by Gasteiger charge is -2.52. The molecule has 2 aromatic rings. The molecule has 2 aromatic carbocycles. The van der Waals surface area contributed by atoms with Gasteiger partial charge >= 0.3 is 53.9 Å². The molecule has 0 spiro atoms. The Morgan fingerprint density at radius 3 is 1.26 bits per heavy atom. The number of hydrogen-bond donors (Lipinski definition) is 2. The Kier molecular flexibility index (Phi) is 34.4. The smallest absolute Gasteiger partial charge is 0.463 e. The normalized spacial score (nSPS) is 29.0. The van der Waals surface area contributed by atoms with Gasteiger partial charge in [-0.2, -0.15) is 0 Å². The molecule has 40 heteroatoms. The van der Waals surface area contributed by atoms with Gasteiger partial charge in [0.2, 0.25) is 9.70 Å². The third kappa shape index (κ3) is 27.2. The van der Waals surface area contributed by atoms with Gasteiger partial charge in [-0.3, -0.25) is 47.9 Å². The summed E-state index contributed by atoms with van der Waals surface area (Å²) in [5.41, 5.74) is 1.20. The zero-order valence-electron chi connectivity index (χ0n) is 56.8. The molecule has 0 unspecified atom stereocenters. The topological polar surface area (TPSA) is 396 Å². The average Bonchev–Trinajstić information content (AvgIpc) is 0.757. The van der Waals surface area contributed by atoms with Crippen LogP contribution in [0.2, 0.25) is 0 Å². The fourth-order valence-electron chi connectivity index (χ4n) is 11.0. The average molecular weight is 1620 g/mol. The lowest BCUT2D eigenvalue weighted by atomic mass is 9.93. The highest BCUT2D eigenvalue weighted by Gasteiger charge is 2.62. The molecular formula is C64H77Cl7N2O31. The SMILES string of the molecule is C=CCO[C@@H]1O[C@H](COCc2ccccc2)[C@@H](O[C@@H]2O[C@H](COC(C)=O)[C@H](OC(C)=O)[C@H](O[C@@H]3O[C@H](COCc4ccccc4)[C@@H](O[C@@H]4O[C@H](COC(C)=O)[C@@H](OC(C)=O)[C@H](OC(C)=O)[C@H]4OC(C)=O)[C@H](OC(=O)CCl)[C@H]3NC(=O)C(Cl)(Cl)Cl)[C@H]2OC(C)=O)[C@H](OC(=O)OCC(Cl)(Cl)Cl)[C@H]1NC(C)=O. The lowest BCUT2D eigenvalue weighted by Crippen LogP contribution is -2.72. The standard InChI is InChI=1S/C64H77Cl7N2O31/c1-10-21-87-57-45(72-30(2)74)52(104-62(84)90-29-63(66,67)68)48(40(96-57)25-85-23-38-17-13-11-14-18-38)102-60-56(95-37(9)81)54(50(92-34(6)78)43(99-60)28-89-32(4)76)103-58-46(73-61(83)64(69,70)71)51(100-44(82)22-65)47(41(97-58)26-86-24-39-19-15-12-16-20-39)101-59-55(94-36(8)80)53(93-35(7)79)49(91-33(5)77)42(98-59)27-88-31(3)75/h10-20,40-43,45-60H,1,21-29H2,2-9H3,(H,72,74)(H,73,83)/t40-,41-,42-,43-,45-,46-,47-,48-,49-,50+,51-,52-,53+,54+,55-,56-,57-,58+,59+,60+/m1/s1. The zero-order chi connectivity index (χ0) is 76.8. The fourth-order valence-corrected chi connectivity index (χ4v) is 11.4. The van der Waals surface area contributed by atoms with Crippen molar-refractivity contribution in [2.45, 2.75) is 199 Å². The maximum absolute atomic E-state index is 14.4. The van der Waals surface area contributed by atoms with Gasteiger partial charge in [0.05, 0.1) is 33.0 Å². The van der Waals surface area contributed by atoms with Gasteiger partial charge in [0.1, 0.15) is 80.5 Å². The molecule has 2 N–H and O–H groups in total. The van der Waals surface area contributed by atoms with E-state index in [4.69, 9.17) is 176 Å². The maximum atomic E-state index is 14.4. The quantitative estimate of drug-likeness (QED) is 0.0427. The number of nitrogens with one attached hydrogen (secondary N) is 2. The molecule has 0 bridgehead atoms. The summed E-state index contributed by atoms with van der Waals surface area (Å²) in [5.74, 6) is -11.9. The number of carbonyl (C=O) groups is 11. The molecule has 4 aliphatic heterocycles. The van der Waals surface area contributed by atoms with Gasteiger partial charge in [-0.1, -0.05) is 136 Å². The number of hydrogen-bond acceptors (Lipinski definition) is 31. The van der Waals surface area contributed by atoms with Crippen molar-refractivity contribution >= 4 is 147 Å². The molecule has 0 radical (unpaired) electrons. The Labute approximate surface area is 630 Å². The summed E-state index contributed by atoms with van der Waals surface area (Å²) < 4.78 is 117. The van der Waals surface area contributed by atoms with Gasteiger partial charge in [0.25, 0.3) is 9.70 Å². The van der Waals surface area contributed by atoms with Crippen molar-refractivity contribution in [1.29, 1.82) is 0 Å². The molecule has 33 nitrogen and oxygen atoms in total. The summed E-state index contributed by atoms with van der Waals surface area (Å²) >= 11 is 42.9. The van der Waals surface area contributed by atoms with E-state index >= 15 is 0 Å². The summed E-state index contributed by atoms with van der Waals surface area (Å²) in [7, 11) is 0. The van der Waals surface area contributed by atoms with Crippen LogP contribution in [-0.4, -0.2) is 242 Å². The Balaban J connectivity index is 1.62. The van der Waals surface area contributed by atoms with Crippen LogP contribution in [0, 0.1) is 0 Å². The minimum atomic E-state index is -2.95. The van der Waals surface area contributed by atoms with Crippen molar-refractivity contribution in [3.05, 3.63) is 84.4 Å². The van der Waals surface area contributed by atoms with Crippen molar-refractivity contribution in [1.82, 2.24) is 10.6 Å². The summed E-state index contributed by atoms with van der Waals surface area (Å²) in [6.07, 6.45) is -35.6. The lowest BCUT2D eigenvalue weighted by molar-refractivity contribution is -0.379. The molecule has 4 fully saturated rings. The van der Waals surface area contributed by atoms with Crippen molar-refractivity contribution < 1.29 is 147 Å². The van der Waals surface area contributed by atoms with Gasteiger partial charge < -0.3 is 105 Å². The summed E-state index contributed by atoms with van der Waals surface area (Å²) in [6.45, 7) is 7.08. The molecule has 0 aliphatic carbocycles. The van der Waals surface area contributed by atoms with E-state index in [0.29, 0.717) is 11.1 Å². The molecule has 578 valence electrons. The van der Waals surface area contributed by atoms with Crippen molar-refractivity contribution in [2.75, 3.05) is 45.5 Å². The Hall–Kier alpha value is -6.22. The van der Waals surface area contributed by atoms with Crippen LogP contribution in [-0.2, 0) is 156 Å². The molecule has 4 aliphatic rings. The van der Waals surface area contributed by atoms with Crippen LogP contribution in [0.3, 0.4) is 0 Å². The van der Waals surface area contributed by atoms with Gasteiger partial charge in [-0.05, 0) is 11.1 Å². The van der Waals surface area contributed by atoms with Crippen molar-refractivity contribution in [3.63, 3.8) is 0 Å². The minimum Gasteiger partial charge on any atom is -0.463 e. The van der Waals surface area contributed by atoms with Crippen LogP contribution >= 0.6 is 81.2 Å². The van der Waals surface area contributed by atoms with E-state index in [-0.39, 0.29) is 19.8 Å². The van der Waals surface area contributed by atoms with E-state index in [9.17, 15) is 52.7 Å². The van der Waals surface area contributed by atoms with E-state index in [0.717, 1.165) is 55.4 Å². The highest BCUT2D eigenvalue weighted by Crippen LogP contribution is 2.41. The minimum absolute atomic E-state index is 0.108. The van der Waals surface area contributed by atoms with E-state index in [1.165, 1.54) is 6.08 Å². The maximum Gasteiger partial charge on any atom is 0.508 e. The second kappa shape index (κ2) is 41.2. The largest absolute Gasteiger partial charge is 0.508 e. The highest BCUT2D eigenvalue weighted by molar-refractivity contribution is 6.76. The molecule has 2 amide bonds. The molecular weight excluding hydrogens is 1540 g/mol. The second-order valence-electron chi connectivity index (χ2n) is 23.1. The second-order valence-corrected chi connectivity index (χ2v) is 28.2. The van der Waals surface area contributed by atoms with Crippen LogP contribution in [0.1, 0.15) is 66.5 Å². The van der Waals surface area contributed by atoms with E-state index < -0.39 is 235 Å². The van der Waals surface area contributed by atoms with Crippen molar-refractivity contribution in [2.24, 2.45) is 0 Å². The molecule has 0 saturated carbocycles. The van der Waals surface area contributed by atoms with Crippen LogP contribution in [0.25, 0.3) is 0 Å². The first-order valence-electron chi connectivity index (χ1n) is 31.5. The van der Waals surface area contributed by atoms with Crippen LogP contribution < -0.4 is 10.6 Å². The van der Waals surface area contributed by atoms with Gasteiger partial charge in [0, 0.05) is 55.4 Å². The van der Waals surface area contributed by atoms with E-state index in [1.54, 1.807) is 60.7 Å². The van der Waals surface area contributed by atoms with Gasteiger partial charge in [0.15, 0.2) is 67.9 Å². The molecule has 0 aromatic heterocycles. The van der Waals surface area contributed by atoms with E-state index in [1.807, 2.05) is 0 Å². The number of halogens is 7. The highest BCUT2D eigenvalue weighted by atomic mass is 35.6. The van der Waals surface area contributed by atoms with Crippen LogP contribution in [0.4, 0.5) is 4.79 Å². The number of rotatable bonds is 32. The Bertz CT molecular complexity index is 3250. The Morgan fingerprint density at radius 2 is 0.837 bits per heavy atom. The molecule has 6 rings (SSSR count). The third-order valence-electron chi connectivity index (χ3n) is 14.8. The first-order chi connectivity index (χ1) is 49.0. The van der Waals surface area contributed by atoms with Crippen LogP contribution in [0.15, 0.2) is 73.3 Å². The Morgan fingerprint density at radius 1 is 0.442 bits per heavy atom. The summed E-state index contributed by atoms with van der Waals surface area (Å²) in [4.78, 5) is 147. The van der Waals surface area contributed by atoms with Gasteiger partial charge in [-0.15, -0.1) is 18.2 Å². The third-order valence-corrected chi connectivity index (χ3v) is 15.9. The predicted molar refractivity (Wildman–Crippen MR) is 356 cm³/mol. The van der Waals surface area contributed by atoms with Crippen molar-refractivity contribution in [3.8, 4) is 0 Å². The zero-order valence-corrected chi connectivity index (χ0v) is 62.1. The monoisotopic (exact) mass is 1610 g/mol. The molecule has 104 heavy (non-hydrogen) atoms. The van der Waals surface area contributed by atoms with Gasteiger partial charge in [-0.25, -0.2) is 4.79 Å². The number of esters is 8. The first-order valence-corrected chi connectivity index (χ1v) is 34.3. The first kappa shape index (κ1) is 86.7. The molecule has 20 atom stereocenters. The summed E-state index contributed by atoms with van der Waals surface area (Å²) in [5, 5.41) is 5.02. The molecule has 4 saturated heterocycles. The van der Waals surface area contributed by atoms with Crippen LogP contribution in [0.5, 0.6) is 0 Å². The summed E-state index contributed by atoms with van der Waals surface area (Å²) in [6, 6.07) is 13.3. The number of alkyl halides is 7. The number of amides is 2. The van der Waals surface area contributed by atoms with E-state index in [2.05, 4.69) is 17.2 Å². The molecule has 4 heterocycles.